The van der Waals surface area contributed by atoms with Gasteiger partial charge in [0, 0.05) is 29.8 Å². The van der Waals surface area contributed by atoms with Crippen LogP contribution in [0, 0.1) is 0 Å². The van der Waals surface area contributed by atoms with Crippen LogP contribution >= 0.6 is 0 Å². The molecule has 0 unspecified atom stereocenters. The van der Waals surface area contributed by atoms with Crippen molar-refractivity contribution < 1.29 is 18.7 Å². The summed E-state index contributed by atoms with van der Waals surface area (Å²) in [5.41, 5.74) is 3.33. The summed E-state index contributed by atoms with van der Waals surface area (Å²) in [6.45, 7) is 2.53. The molecular formula is C29H33N5O4. The Kier molecular flexibility index (Phi) is 7.62. The van der Waals surface area contributed by atoms with Gasteiger partial charge in [-0.3, -0.25) is 0 Å². The van der Waals surface area contributed by atoms with E-state index in [0.29, 0.717) is 18.0 Å². The Hall–Kier alpha value is -4.27. The highest BCUT2D eigenvalue weighted by molar-refractivity contribution is 6.06. The zero-order chi connectivity index (χ0) is 26.5. The lowest BCUT2D eigenvalue weighted by atomic mass is 9.91. The third kappa shape index (κ3) is 5.37. The molecule has 9 nitrogen and oxygen atoms in total. The van der Waals surface area contributed by atoms with Gasteiger partial charge in [0.25, 0.3) is 0 Å². The Morgan fingerprint density at radius 1 is 0.895 bits per heavy atom. The van der Waals surface area contributed by atoms with E-state index in [1.807, 2.05) is 55.5 Å². The quantitative estimate of drug-likeness (QED) is 0.279. The van der Waals surface area contributed by atoms with E-state index in [2.05, 4.69) is 25.9 Å². The third-order valence-electron chi connectivity index (χ3n) is 6.96. The maximum absolute atomic E-state index is 11.9. The Bertz CT molecular complexity index is 1380. The number of methoxy groups -OCH3 is 2. The van der Waals surface area contributed by atoms with Crippen LogP contribution in [-0.2, 0) is 0 Å². The molecule has 1 saturated carbocycles. The molecule has 1 fully saturated rings. The zero-order valence-corrected chi connectivity index (χ0v) is 21.9. The SMILES string of the molecule is CCNC(=O)NC1CCC(Nc2ncnc3oc(-c4ccc(OC)cc4)c(-c4ccc(OC)cc4)c23)CC1. The van der Waals surface area contributed by atoms with Crippen molar-refractivity contribution >= 4 is 22.9 Å². The number of hydrogen-bond donors (Lipinski definition) is 3. The van der Waals surface area contributed by atoms with E-state index in [1.54, 1.807) is 14.2 Å². The number of anilines is 1. The topological polar surface area (TPSA) is 111 Å². The molecule has 198 valence electrons. The first-order valence-corrected chi connectivity index (χ1v) is 13.0. The van der Waals surface area contributed by atoms with E-state index in [9.17, 15) is 4.79 Å². The Morgan fingerprint density at radius 2 is 1.50 bits per heavy atom. The fourth-order valence-electron chi connectivity index (χ4n) is 4.99. The summed E-state index contributed by atoms with van der Waals surface area (Å²) >= 11 is 0. The van der Waals surface area contributed by atoms with Gasteiger partial charge in [0.1, 0.15) is 29.4 Å². The molecule has 4 aromatic rings. The van der Waals surface area contributed by atoms with Gasteiger partial charge in [-0.15, -0.1) is 0 Å². The van der Waals surface area contributed by atoms with Crippen LogP contribution in [0.3, 0.4) is 0 Å². The van der Waals surface area contributed by atoms with Crippen molar-refractivity contribution in [3.05, 3.63) is 54.9 Å². The maximum Gasteiger partial charge on any atom is 0.314 e. The van der Waals surface area contributed by atoms with E-state index >= 15 is 0 Å². The van der Waals surface area contributed by atoms with Crippen molar-refractivity contribution in [3.63, 3.8) is 0 Å². The number of aromatic nitrogens is 2. The molecule has 0 saturated heterocycles. The predicted molar refractivity (Wildman–Crippen MR) is 148 cm³/mol. The van der Waals surface area contributed by atoms with Crippen molar-refractivity contribution in [2.75, 3.05) is 26.1 Å². The minimum Gasteiger partial charge on any atom is -0.497 e. The normalized spacial score (nSPS) is 17.1. The monoisotopic (exact) mass is 515 g/mol. The lowest BCUT2D eigenvalue weighted by molar-refractivity contribution is 0.232. The van der Waals surface area contributed by atoms with E-state index in [4.69, 9.17) is 13.9 Å². The predicted octanol–water partition coefficient (Wildman–Crippen LogP) is 5.62. The Balaban J connectivity index is 1.48. The van der Waals surface area contributed by atoms with Gasteiger partial charge in [-0.05, 0) is 74.6 Å². The lowest BCUT2D eigenvalue weighted by Crippen LogP contribution is -2.44. The van der Waals surface area contributed by atoms with Crippen LogP contribution in [0.25, 0.3) is 33.6 Å². The van der Waals surface area contributed by atoms with Gasteiger partial charge in [-0.2, -0.15) is 0 Å². The van der Waals surface area contributed by atoms with E-state index in [1.165, 1.54) is 6.33 Å². The number of furan rings is 1. The van der Waals surface area contributed by atoms with Gasteiger partial charge < -0.3 is 29.8 Å². The molecule has 2 aromatic carbocycles. The molecule has 0 aliphatic heterocycles. The van der Waals surface area contributed by atoms with Crippen LogP contribution in [0.4, 0.5) is 10.6 Å². The Morgan fingerprint density at radius 3 is 2.11 bits per heavy atom. The van der Waals surface area contributed by atoms with Gasteiger partial charge in [0.2, 0.25) is 5.71 Å². The van der Waals surface area contributed by atoms with E-state index in [0.717, 1.165) is 65.1 Å². The van der Waals surface area contributed by atoms with Crippen LogP contribution in [0.2, 0.25) is 0 Å². The molecule has 2 aromatic heterocycles. The van der Waals surface area contributed by atoms with Gasteiger partial charge >= 0.3 is 6.03 Å². The van der Waals surface area contributed by atoms with Crippen LogP contribution in [0.15, 0.2) is 59.3 Å². The highest BCUT2D eigenvalue weighted by Gasteiger charge is 2.26. The number of nitrogens with zero attached hydrogens (tertiary/aromatic N) is 2. The van der Waals surface area contributed by atoms with Crippen molar-refractivity contribution in [1.29, 1.82) is 0 Å². The number of hydrogen-bond acceptors (Lipinski definition) is 7. The smallest absolute Gasteiger partial charge is 0.314 e. The Labute approximate surface area is 222 Å². The highest BCUT2D eigenvalue weighted by atomic mass is 16.5. The molecule has 0 bridgehead atoms. The molecular weight excluding hydrogens is 482 g/mol. The molecule has 0 atom stereocenters. The van der Waals surface area contributed by atoms with Crippen molar-refractivity contribution in [2.45, 2.75) is 44.7 Å². The summed E-state index contributed by atoms with van der Waals surface area (Å²) in [5.74, 6) is 3.01. The maximum atomic E-state index is 11.9. The first-order valence-electron chi connectivity index (χ1n) is 13.0. The summed E-state index contributed by atoms with van der Waals surface area (Å²) in [6.07, 6.45) is 5.17. The number of amides is 2. The number of urea groups is 1. The van der Waals surface area contributed by atoms with E-state index < -0.39 is 0 Å². The second-order valence-corrected chi connectivity index (χ2v) is 9.36. The van der Waals surface area contributed by atoms with Crippen molar-refractivity contribution in [1.82, 2.24) is 20.6 Å². The highest BCUT2D eigenvalue weighted by Crippen LogP contribution is 2.43. The van der Waals surface area contributed by atoms with Crippen LogP contribution < -0.4 is 25.4 Å². The molecule has 38 heavy (non-hydrogen) atoms. The number of fused-ring (bicyclic) bond motifs is 1. The standard InChI is InChI=1S/C29H33N5O4/c1-4-30-29(35)34-21-11-9-20(10-12-21)33-27-25-24(18-5-13-22(36-2)14-6-18)26(38-28(25)32-17-31-27)19-7-15-23(37-3)16-8-19/h5-8,13-17,20-21H,4,9-12H2,1-3H3,(H2,30,34,35)(H,31,32,33). The molecule has 9 heteroatoms. The molecule has 2 amide bonds. The minimum atomic E-state index is -0.102. The fraction of sp³-hybridized carbons (Fsp3) is 0.345. The second kappa shape index (κ2) is 11.4. The summed E-state index contributed by atoms with van der Waals surface area (Å²) in [4.78, 5) is 21.0. The van der Waals surface area contributed by atoms with Crippen LogP contribution in [0.1, 0.15) is 32.6 Å². The molecule has 5 rings (SSSR count). The molecule has 3 N–H and O–H groups in total. The number of nitrogens with one attached hydrogen (secondary N) is 3. The number of rotatable bonds is 8. The molecule has 1 aliphatic carbocycles. The summed E-state index contributed by atoms with van der Waals surface area (Å²) < 4.78 is 17.1. The summed E-state index contributed by atoms with van der Waals surface area (Å²) in [6, 6.07) is 16.0. The zero-order valence-electron chi connectivity index (χ0n) is 21.9. The third-order valence-corrected chi connectivity index (χ3v) is 6.96. The average Bonchev–Trinajstić information content (AvgIpc) is 3.35. The van der Waals surface area contributed by atoms with E-state index in [-0.39, 0.29) is 18.1 Å². The van der Waals surface area contributed by atoms with Gasteiger partial charge in [0.15, 0.2) is 0 Å². The first-order chi connectivity index (χ1) is 18.6. The number of benzene rings is 2. The lowest BCUT2D eigenvalue weighted by Gasteiger charge is -2.30. The minimum absolute atomic E-state index is 0.102. The number of ether oxygens (including phenoxy) is 2. The number of carbonyl (C=O) groups excluding carboxylic acids is 1. The van der Waals surface area contributed by atoms with Crippen LogP contribution in [-0.4, -0.2) is 48.8 Å². The van der Waals surface area contributed by atoms with Gasteiger partial charge in [-0.25, -0.2) is 14.8 Å². The second-order valence-electron chi connectivity index (χ2n) is 9.36. The summed E-state index contributed by atoms with van der Waals surface area (Å²) in [7, 11) is 3.30. The van der Waals surface area contributed by atoms with Crippen LogP contribution in [0.5, 0.6) is 11.5 Å². The first kappa shape index (κ1) is 25.4. The van der Waals surface area contributed by atoms with Crippen molar-refractivity contribution in [3.8, 4) is 33.9 Å². The fourth-order valence-corrected chi connectivity index (χ4v) is 4.99. The molecule has 0 spiro atoms. The summed E-state index contributed by atoms with van der Waals surface area (Å²) in [5, 5.41) is 10.4. The van der Waals surface area contributed by atoms with Crippen molar-refractivity contribution in [2.24, 2.45) is 0 Å². The molecule has 0 radical (unpaired) electrons. The largest absolute Gasteiger partial charge is 0.497 e. The number of carbonyl (C=O) groups is 1. The van der Waals surface area contributed by atoms with Gasteiger partial charge in [-0.1, -0.05) is 12.1 Å². The molecule has 2 heterocycles. The average molecular weight is 516 g/mol. The molecule has 1 aliphatic rings. The van der Waals surface area contributed by atoms with Gasteiger partial charge in [0.05, 0.1) is 19.6 Å².